The predicted octanol–water partition coefficient (Wildman–Crippen LogP) is 6.34. The topological polar surface area (TPSA) is 119 Å². The molecule has 0 bridgehead atoms. The highest BCUT2D eigenvalue weighted by Gasteiger charge is 2.31. The molecule has 0 aliphatic carbocycles. The third-order valence-electron chi connectivity index (χ3n) is 7.09. The molecule has 0 spiro atoms. The van der Waals surface area contributed by atoms with E-state index in [0.29, 0.717) is 33.8 Å². The third-order valence-corrected chi connectivity index (χ3v) is 7.09. The first-order chi connectivity index (χ1) is 22.0. The Kier molecular flexibility index (Phi) is 7.73. The minimum atomic E-state index is -4.62. The molecule has 3 heterocycles. The maximum Gasteiger partial charge on any atom is 0.416 e. The summed E-state index contributed by atoms with van der Waals surface area (Å²) in [6.07, 6.45) is 3.14. The molecule has 0 saturated carbocycles. The number of aryl methyl sites for hydroxylation is 1. The number of alkyl halides is 3. The largest absolute Gasteiger partial charge is 0.416 e. The van der Waals surface area contributed by atoms with Crippen molar-refractivity contribution in [2.45, 2.75) is 13.1 Å². The maximum absolute atomic E-state index is 13.6. The van der Waals surface area contributed by atoms with Gasteiger partial charge in [0.15, 0.2) is 5.65 Å². The van der Waals surface area contributed by atoms with Gasteiger partial charge in [-0.15, -0.1) is 0 Å². The number of imidazole rings is 2. The lowest BCUT2D eigenvalue weighted by atomic mass is 10.0. The first-order valence-electron chi connectivity index (χ1n) is 13.8. The molecule has 0 aliphatic heterocycles. The molecule has 3 aromatic carbocycles. The molecule has 228 valence electrons. The molecule has 6 rings (SSSR count). The number of rotatable bonds is 6. The van der Waals surface area contributed by atoms with E-state index in [1.165, 1.54) is 29.4 Å². The van der Waals surface area contributed by atoms with Crippen molar-refractivity contribution in [1.82, 2.24) is 18.9 Å². The summed E-state index contributed by atoms with van der Waals surface area (Å²) in [5.74, 6) is 5.06. The Balaban J connectivity index is 1.26. The maximum atomic E-state index is 13.6. The summed E-state index contributed by atoms with van der Waals surface area (Å²) in [5.41, 5.74) is 9.14. The van der Waals surface area contributed by atoms with Crippen LogP contribution in [0.5, 0.6) is 0 Å². The zero-order valence-electron chi connectivity index (χ0n) is 24.1. The molecule has 12 heteroatoms. The summed E-state index contributed by atoms with van der Waals surface area (Å²) in [4.78, 5) is 33.1. The van der Waals surface area contributed by atoms with E-state index in [-0.39, 0.29) is 16.9 Å². The van der Waals surface area contributed by atoms with Crippen LogP contribution in [0.25, 0.3) is 11.3 Å². The van der Waals surface area contributed by atoms with Crippen LogP contribution < -0.4 is 16.4 Å². The van der Waals surface area contributed by atoms with Crippen LogP contribution in [0, 0.1) is 18.8 Å². The fraction of sp³-hybridized carbons (Fsp3) is 0.0588. The van der Waals surface area contributed by atoms with Gasteiger partial charge in [-0.2, -0.15) is 13.2 Å². The van der Waals surface area contributed by atoms with Gasteiger partial charge in [-0.3, -0.25) is 14.0 Å². The number of halogens is 3. The molecule has 0 saturated heterocycles. The van der Waals surface area contributed by atoms with E-state index >= 15 is 0 Å². The highest BCUT2D eigenvalue weighted by molar-refractivity contribution is 6.04. The van der Waals surface area contributed by atoms with Crippen LogP contribution in [-0.4, -0.2) is 30.8 Å². The van der Waals surface area contributed by atoms with Crippen molar-refractivity contribution in [3.63, 3.8) is 0 Å². The number of pyridine rings is 1. The van der Waals surface area contributed by atoms with Gasteiger partial charge in [-0.1, -0.05) is 18.1 Å². The summed E-state index contributed by atoms with van der Waals surface area (Å²) >= 11 is 0. The number of primary amides is 1. The van der Waals surface area contributed by atoms with Crippen molar-refractivity contribution >= 4 is 34.5 Å². The highest BCUT2D eigenvalue weighted by atomic mass is 19.4. The van der Waals surface area contributed by atoms with Crippen molar-refractivity contribution in [3.05, 3.63) is 137 Å². The van der Waals surface area contributed by atoms with Gasteiger partial charge in [-0.25, -0.2) is 9.97 Å². The molecule has 2 amide bonds. The number of anilines is 3. The SMILES string of the molecule is Cc1ccc(C(=O)Nc2cc(-n3ccnc3)cc(C(F)(F)F)c2)cc1C#Cc1cnc2c(Nc3cccc(C(N)=O)c3)cccn12. The molecule has 4 N–H and O–H groups in total. The van der Waals surface area contributed by atoms with E-state index in [9.17, 15) is 22.8 Å². The van der Waals surface area contributed by atoms with Crippen LogP contribution in [0.2, 0.25) is 0 Å². The third kappa shape index (κ3) is 6.29. The Bertz CT molecular complexity index is 2180. The number of nitrogens with two attached hydrogens (primary N) is 1. The minimum Gasteiger partial charge on any atom is -0.366 e. The summed E-state index contributed by atoms with van der Waals surface area (Å²) in [6.45, 7) is 1.84. The average Bonchev–Trinajstić information content (AvgIpc) is 3.72. The molecule has 0 unspecified atom stereocenters. The number of nitrogens with one attached hydrogen (secondary N) is 2. The Morgan fingerprint density at radius 3 is 2.52 bits per heavy atom. The van der Waals surface area contributed by atoms with Gasteiger partial charge in [0.2, 0.25) is 5.91 Å². The quantitative estimate of drug-likeness (QED) is 0.188. The Morgan fingerprint density at radius 1 is 0.913 bits per heavy atom. The Morgan fingerprint density at radius 2 is 1.76 bits per heavy atom. The minimum absolute atomic E-state index is 0.0202. The van der Waals surface area contributed by atoms with Gasteiger partial charge in [0.25, 0.3) is 5.91 Å². The lowest BCUT2D eigenvalue weighted by Crippen LogP contribution is -2.14. The van der Waals surface area contributed by atoms with Gasteiger partial charge in [0.05, 0.1) is 23.8 Å². The normalized spacial score (nSPS) is 11.1. The Labute approximate surface area is 260 Å². The number of benzene rings is 3. The summed E-state index contributed by atoms with van der Waals surface area (Å²) < 4.78 is 44.1. The van der Waals surface area contributed by atoms with Gasteiger partial charge >= 0.3 is 6.18 Å². The fourth-order valence-corrected chi connectivity index (χ4v) is 4.75. The zero-order valence-corrected chi connectivity index (χ0v) is 24.1. The molecule has 6 aromatic rings. The van der Waals surface area contributed by atoms with Gasteiger partial charge in [0, 0.05) is 52.3 Å². The number of nitrogens with zero attached hydrogens (tertiary/aromatic N) is 4. The molecule has 9 nitrogen and oxygen atoms in total. The molecule has 46 heavy (non-hydrogen) atoms. The van der Waals surface area contributed by atoms with Gasteiger partial charge < -0.3 is 20.9 Å². The van der Waals surface area contributed by atoms with E-state index in [0.717, 1.165) is 17.7 Å². The van der Waals surface area contributed by atoms with Crippen molar-refractivity contribution in [1.29, 1.82) is 0 Å². The first kappa shape index (κ1) is 29.7. The second-order valence-corrected chi connectivity index (χ2v) is 10.3. The van der Waals surface area contributed by atoms with E-state index < -0.39 is 23.6 Å². The monoisotopic (exact) mass is 619 g/mol. The van der Waals surface area contributed by atoms with Crippen LogP contribution >= 0.6 is 0 Å². The smallest absolute Gasteiger partial charge is 0.366 e. The van der Waals surface area contributed by atoms with E-state index in [4.69, 9.17) is 5.73 Å². The number of carbonyl (C=O) groups is 2. The van der Waals surface area contributed by atoms with E-state index in [2.05, 4.69) is 32.4 Å². The second kappa shape index (κ2) is 12.0. The van der Waals surface area contributed by atoms with Crippen LogP contribution in [0.3, 0.4) is 0 Å². The molecular formula is C34H24F3N7O2. The number of hydrogen-bond acceptors (Lipinski definition) is 5. The van der Waals surface area contributed by atoms with Crippen molar-refractivity contribution in [2.24, 2.45) is 5.73 Å². The number of amides is 2. The lowest BCUT2D eigenvalue weighted by Gasteiger charge is -2.14. The summed E-state index contributed by atoms with van der Waals surface area (Å²) in [5, 5.41) is 5.83. The number of fused-ring (bicyclic) bond motifs is 1. The lowest BCUT2D eigenvalue weighted by molar-refractivity contribution is -0.137. The summed E-state index contributed by atoms with van der Waals surface area (Å²) in [6, 6.07) is 18.7. The van der Waals surface area contributed by atoms with Crippen LogP contribution in [0.15, 0.2) is 104 Å². The molecule has 0 fully saturated rings. The Hall–Kier alpha value is -6.35. The standard InChI is InChI=1S/C34H24F3N7O2/c1-21-7-8-24(33(46)42-27-16-25(34(35,36)37)17-29(18-27)43-13-11-39-20-43)14-22(21)9-10-28-19-40-32-30(6-3-12-44(28)32)41-26-5-2-4-23(15-26)31(38)45/h2-8,11-20,41H,1H3,(H2,38,45)(H,42,46). The fourth-order valence-electron chi connectivity index (χ4n) is 4.75. The predicted molar refractivity (Wildman–Crippen MR) is 167 cm³/mol. The molecule has 3 aromatic heterocycles. The number of aromatic nitrogens is 4. The zero-order chi connectivity index (χ0) is 32.4. The summed E-state index contributed by atoms with van der Waals surface area (Å²) in [7, 11) is 0. The second-order valence-electron chi connectivity index (χ2n) is 10.3. The van der Waals surface area contributed by atoms with Gasteiger partial charge in [0.1, 0.15) is 5.69 Å². The first-order valence-corrected chi connectivity index (χ1v) is 13.8. The van der Waals surface area contributed by atoms with E-state index in [1.54, 1.807) is 59.3 Å². The molecule has 0 atom stereocenters. The molecule has 0 aliphatic rings. The van der Waals surface area contributed by atoms with Crippen LogP contribution in [0.1, 0.15) is 43.1 Å². The molecular weight excluding hydrogens is 595 g/mol. The van der Waals surface area contributed by atoms with Crippen LogP contribution in [-0.2, 0) is 6.18 Å². The number of carbonyl (C=O) groups excluding carboxylic acids is 2. The van der Waals surface area contributed by atoms with Crippen LogP contribution in [0.4, 0.5) is 30.2 Å². The van der Waals surface area contributed by atoms with Crippen molar-refractivity contribution in [2.75, 3.05) is 10.6 Å². The van der Waals surface area contributed by atoms with Crippen molar-refractivity contribution < 1.29 is 22.8 Å². The van der Waals surface area contributed by atoms with E-state index in [1.807, 2.05) is 19.1 Å². The van der Waals surface area contributed by atoms with Crippen molar-refractivity contribution in [3.8, 4) is 17.5 Å². The highest BCUT2D eigenvalue weighted by Crippen LogP contribution is 2.33. The number of hydrogen-bond donors (Lipinski definition) is 3. The molecule has 0 radical (unpaired) electrons. The van der Waals surface area contributed by atoms with Gasteiger partial charge in [-0.05, 0) is 79.1 Å². The average molecular weight is 620 g/mol.